The van der Waals surface area contributed by atoms with Gasteiger partial charge in [0.1, 0.15) is 10.9 Å². The van der Waals surface area contributed by atoms with Crippen LogP contribution in [0.2, 0.25) is 5.15 Å². The number of halogens is 2. The average Bonchev–Trinajstić information content (AvgIpc) is 2.41. The summed E-state index contributed by atoms with van der Waals surface area (Å²) in [6.07, 6.45) is 1.42. The molecule has 1 atom stereocenters. The van der Waals surface area contributed by atoms with E-state index in [4.69, 9.17) is 16.3 Å². The molecule has 0 saturated heterocycles. The summed E-state index contributed by atoms with van der Waals surface area (Å²) < 4.78 is 6.12. The lowest BCUT2D eigenvalue weighted by Crippen LogP contribution is -2.03. The quantitative estimate of drug-likeness (QED) is 0.860. The third-order valence-corrected chi connectivity index (χ3v) is 3.78. The number of nitrogens with zero attached hydrogens (tertiary/aromatic N) is 1. The molecule has 5 heteroatoms. The molecule has 1 N–H and O–H groups in total. The van der Waals surface area contributed by atoms with Gasteiger partial charge < -0.3 is 9.84 Å². The van der Waals surface area contributed by atoms with Crippen molar-refractivity contribution in [3.63, 3.8) is 0 Å². The van der Waals surface area contributed by atoms with Gasteiger partial charge in [0.2, 0.25) is 0 Å². The number of hydrogen-bond donors (Lipinski definition) is 1. The molecule has 0 aliphatic rings. The summed E-state index contributed by atoms with van der Waals surface area (Å²) in [5.74, 6) is 0.762. The lowest BCUT2D eigenvalue weighted by Gasteiger charge is -2.13. The number of benzene rings is 1. The molecule has 0 amide bonds. The van der Waals surface area contributed by atoms with E-state index in [1.165, 1.54) is 0 Å². The van der Waals surface area contributed by atoms with Crippen molar-refractivity contribution < 1.29 is 9.84 Å². The van der Waals surface area contributed by atoms with Crippen molar-refractivity contribution in [1.82, 2.24) is 4.98 Å². The maximum absolute atomic E-state index is 10.2. The second-order valence-corrected chi connectivity index (χ2v) is 5.33. The van der Waals surface area contributed by atoms with E-state index < -0.39 is 6.10 Å². The zero-order chi connectivity index (χ0) is 13.8. The highest BCUT2D eigenvalue weighted by atomic mass is 79.9. The Kier molecular flexibility index (Phi) is 4.80. The highest BCUT2D eigenvalue weighted by molar-refractivity contribution is 9.10. The Morgan fingerprint density at radius 2 is 2.16 bits per heavy atom. The van der Waals surface area contributed by atoms with Gasteiger partial charge in [-0.25, -0.2) is 4.98 Å². The highest BCUT2D eigenvalue weighted by Gasteiger charge is 2.12. The molecule has 2 rings (SSSR count). The Labute approximate surface area is 125 Å². The fourth-order valence-electron chi connectivity index (χ4n) is 1.79. The molecule has 0 spiro atoms. The molecule has 0 radical (unpaired) electrons. The van der Waals surface area contributed by atoms with E-state index in [1.807, 2.05) is 18.2 Å². The van der Waals surface area contributed by atoms with Crippen molar-refractivity contribution in [2.45, 2.75) is 12.5 Å². The van der Waals surface area contributed by atoms with Crippen molar-refractivity contribution in [2.75, 3.05) is 7.11 Å². The fourth-order valence-corrected chi connectivity index (χ4v) is 2.38. The molecule has 0 fully saturated rings. The van der Waals surface area contributed by atoms with E-state index in [2.05, 4.69) is 20.9 Å². The van der Waals surface area contributed by atoms with Crippen LogP contribution >= 0.6 is 27.5 Å². The lowest BCUT2D eigenvalue weighted by molar-refractivity contribution is 0.178. The van der Waals surface area contributed by atoms with E-state index in [0.717, 1.165) is 21.3 Å². The van der Waals surface area contributed by atoms with Crippen LogP contribution in [-0.2, 0) is 6.42 Å². The summed E-state index contributed by atoms with van der Waals surface area (Å²) in [4.78, 5) is 3.90. The zero-order valence-corrected chi connectivity index (χ0v) is 12.6. The Hall–Kier alpha value is -1.10. The monoisotopic (exact) mass is 341 g/mol. The summed E-state index contributed by atoms with van der Waals surface area (Å²) >= 11 is 9.29. The minimum absolute atomic E-state index is 0.376. The van der Waals surface area contributed by atoms with Crippen molar-refractivity contribution in [2.24, 2.45) is 0 Å². The van der Waals surface area contributed by atoms with Crippen molar-refractivity contribution in [3.05, 3.63) is 57.3 Å². The number of ether oxygens (including phenoxy) is 1. The number of aliphatic hydroxyl groups excluding tert-OH is 1. The van der Waals surface area contributed by atoms with Crippen LogP contribution in [0.5, 0.6) is 5.75 Å². The van der Waals surface area contributed by atoms with Crippen molar-refractivity contribution in [3.8, 4) is 5.75 Å². The third-order valence-electron chi connectivity index (χ3n) is 2.80. The smallest absolute Gasteiger partial charge is 0.129 e. The fraction of sp³-hybridized carbons (Fsp3) is 0.214. The SMILES string of the molecule is COc1ccc(Br)c(CC(O)c2ccnc(Cl)c2)c1. The molecule has 19 heavy (non-hydrogen) atoms. The minimum Gasteiger partial charge on any atom is -0.497 e. The average molecular weight is 343 g/mol. The van der Waals surface area contributed by atoms with E-state index in [9.17, 15) is 5.11 Å². The molecular weight excluding hydrogens is 330 g/mol. The van der Waals surface area contributed by atoms with Gasteiger partial charge in [0.25, 0.3) is 0 Å². The Bertz CT molecular complexity index is 577. The maximum atomic E-state index is 10.2. The first kappa shape index (κ1) is 14.3. The van der Waals surface area contributed by atoms with Gasteiger partial charge in [-0.1, -0.05) is 27.5 Å². The first-order valence-corrected chi connectivity index (χ1v) is 6.89. The first-order chi connectivity index (χ1) is 9.10. The van der Waals surface area contributed by atoms with Crippen LogP contribution in [0.25, 0.3) is 0 Å². The molecule has 2 aromatic rings. The summed E-state index contributed by atoms with van der Waals surface area (Å²) in [5, 5.41) is 10.6. The van der Waals surface area contributed by atoms with Crippen LogP contribution in [0.4, 0.5) is 0 Å². The van der Waals surface area contributed by atoms with Crippen LogP contribution in [0.3, 0.4) is 0 Å². The van der Waals surface area contributed by atoms with Gasteiger partial charge in [0, 0.05) is 17.1 Å². The van der Waals surface area contributed by atoms with Crippen LogP contribution in [0.15, 0.2) is 41.0 Å². The second-order valence-electron chi connectivity index (χ2n) is 4.09. The molecule has 100 valence electrons. The van der Waals surface area contributed by atoms with Gasteiger partial charge in [-0.15, -0.1) is 0 Å². The van der Waals surface area contributed by atoms with E-state index in [1.54, 1.807) is 25.4 Å². The topological polar surface area (TPSA) is 42.4 Å². The number of rotatable bonds is 4. The molecular formula is C14H13BrClNO2. The third kappa shape index (κ3) is 3.69. The number of aliphatic hydroxyl groups is 1. The first-order valence-electron chi connectivity index (χ1n) is 5.72. The van der Waals surface area contributed by atoms with Gasteiger partial charge in [0.15, 0.2) is 0 Å². The predicted octanol–water partition coefficient (Wildman–Crippen LogP) is 3.78. The van der Waals surface area contributed by atoms with Gasteiger partial charge in [0.05, 0.1) is 13.2 Å². The zero-order valence-electron chi connectivity index (χ0n) is 10.3. The van der Waals surface area contributed by atoms with Gasteiger partial charge in [-0.3, -0.25) is 0 Å². The van der Waals surface area contributed by atoms with Crippen LogP contribution in [-0.4, -0.2) is 17.2 Å². The molecule has 0 bridgehead atoms. The van der Waals surface area contributed by atoms with Crippen LogP contribution in [0, 0.1) is 0 Å². The maximum Gasteiger partial charge on any atom is 0.129 e. The molecule has 1 heterocycles. The standard InChI is InChI=1S/C14H13BrClNO2/c1-19-11-2-3-12(15)10(6-11)7-13(18)9-4-5-17-14(16)8-9/h2-6,8,13,18H,7H2,1H3. The molecule has 1 unspecified atom stereocenters. The summed E-state index contributed by atoms with van der Waals surface area (Å²) in [5.41, 5.74) is 1.72. The summed E-state index contributed by atoms with van der Waals surface area (Å²) in [7, 11) is 1.62. The molecule has 3 nitrogen and oxygen atoms in total. The number of aromatic nitrogens is 1. The molecule has 0 aliphatic carbocycles. The number of methoxy groups -OCH3 is 1. The highest BCUT2D eigenvalue weighted by Crippen LogP contribution is 2.27. The normalized spacial score (nSPS) is 12.2. The lowest BCUT2D eigenvalue weighted by atomic mass is 10.0. The second kappa shape index (κ2) is 6.37. The molecule has 1 aromatic heterocycles. The van der Waals surface area contributed by atoms with Gasteiger partial charge in [-0.2, -0.15) is 0 Å². The molecule has 1 aromatic carbocycles. The van der Waals surface area contributed by atoms with E-state index in [-0.39, 0.29) is 0 Å². The Balaban J connectivity index is 2.21. The minimum atomic E-state index is -0.635. The van der Waals surface area contributed by atoms with E-state index in [0.29, 0.717) is 11.6 Å². The predicted molar refractivity (Wildman–Crippen MR) is 78.6 cm³/mol. The van der Waals surface area contributed by atoms with Crippen LogP contribution < -0.4 is 4.74 Å². The molecule has 0 saturated carbocycles. The van der Waals surface area contributed by atoms with E-state index >= 15 is 0 Å². The molecule has 0 aliphatic heterocycles. The Morgan fingerprint density at radius 1 is 1.37 bits per heavy atom. The Morgan fingerprint density at radius 3 is 2.84 bits per heavy atom. The number of pyridine rings is 1. The van der Waals surface area contributed by atoms with Crippen molar-refractivity contribution in [1.29, 1.82) is 0 Å². The van der Waals surface area contributed by atoms with Crippen molar-refractivity contribution >= 4 is 27.5 Å². The summed E-state index contributed by atoms with van der Waals surface area (Å²) in [6, 6.07) is 9.09. The largest absolute Gasteiger partial charge is 0.497 e. The van der Waals surface area contributed by atoms with Gasteiger partial charge >= 0.3 is 0 Å². The summed E-state index contributed by atoms with van der Waals surface area (Å²) in [6.45, 7) is 0. The number of hydrogen-bond acceptors (Lipinski definition) is 3. The van der Waals surface area contributed by atoms with Crippen LogP contribution in [0.1, 0.15) is 17.2 Å². The van der Waals surface area contributed by atoms with Gasteiger partial charge in [-0.05, 0) is 41.5 Å².